The van der Waals surface area contributed by atoms with Crippen LogP contribution in [0.1, 0.15) is 45.1 Å². The van der Waals surface area contributed by atoms with E-state index >= 15 is 0 Å². The molecule has 110 valence electrons. The Balaban J connectivity index is 1.70. The number of hydrogen-bond acceptors (Lipinski definition) is 3. The van der Waals surface area contributed by atoms with Crippen molar-refractivity contribution in [1.82, 2.24) is 10.3 Å². The van der Waals surface area contributed by atoms with Gasteiger partial charge in [-0.25, -0.2) is 4.98 Å². The summed E-state index contributed by atoms with van der Waals surface area (Å²) >= 11 is 6.48. The third-order valence-electron chi connectivity index (χ3n) is 3.87. The highest BCUT2D eigenvalue weighted by molar-refractivity contribution is 6.33. The third kappa shape index (κ3) is 3.64. The largest absolute Gasteiger partial charge is 0.352 e. The zero-order valence-electron chi connectivity index (χ0n) is 12.4. The highest BCUT2D eigenvalue weighted by atomic mass is 35.5. The van der Waals surface area contributed by atoms with Crippen LogP contribution in [0.4, 0.5) is 5.82 Å². The maximum atomic E-state index is 6.48. The first-order chi connectivity index (χ1) is 9.63. The quantitative estimate of drug-likeness (QED) is 0.832. The summed E-state index contributed by atoms with van der Waals surface area (Å²) < 4.78 is 0. The molecule has 2 saturated carbocycles. The molecule has 2 aliphatic rings. The monoisotopic (exact) mass is 293 g/mol. The van der Waals surface area contributed by atoms with Crippen LogP contribution in [0.5, 0.6) is 0 Å². The molecule has 3 rings (SSSR count). The zero-order valence-corrected chi connectivity index (χ0v) is 13.2. The van der Waals surface area contributed by atoms with Crippen LogP contribution in [0.2, 0.25) is 5.02 Å². The van der Waals surface area contributed by atoms with Crippen LogP contribution in [-0.2, 0) is 6.54 Å². The van der Waals surface area contributed by atoms with Crippen LogP contribution < -0.4 is 10.2 Å². The Hall–Kier alpha value is -0.800. The van der Waals surface area contributed by atoms with E-state index in [1.807, 2.05) is 6.20 Å². The van der Waals surface area contributed by atoms with Gasteiger partial charge in [0.2, 0.25) is 0 Å². The van der Waals surface area contributed by atoms with Crippen molar-refractivity contribution in [2.75, 3.05) is 11.4 Å². The summed E-state index contributed by atoms with van der Waals surface area (Å²) in [4.78, 5) is 7.04. The Labute approximate surface area is 126 Å². The molecule has 1 aromatic rings. The number of hydrogen-bond donors (Lipinski definition) is 1. The molecule has 1 aromatic heterocycles. The molecule has 0 amide bonds. The minimum Gasteiger partial charge on any atom is -0.352 e. The lowest BCUT2D eigenvalue weighted by Gasteiger charge is -2.26. The van der Waals surface area contributed by atoms with Crippen molar-refractivity contribution in [3.63, 3.8) is 0 Å². The highest BCUT2D eigenvalue weighted by Gasteiger charge is 2.31. The molecule has 0 unspecified atom stereocenters. The fraction of sp³-hybridized carbons (Fsp3) is 0.688. The second kappa shape index (κ2) is 5.90. The van der Waals surface area contributed by atoms with Gasteiger partial charge < -0.3 is 10.2 Å². The molecule has 0 aromatic carbocycles. The van der Waals surface area contributed by atoms with E-state index in [2.05, 4.69) is 35.1 Å². The topological polar surface area (TPSA) is 28.2 Å². The number of pyridine rings is 1. The van der Waals surface area contributed by atoms with E-state index in [-0.39, 0.29) is 0 Å². The number of rotatable bonds is 7. The second-order valence-corrected chi connectivity index (χ2v) is 6.99. The van der Waals surface area contributed by atoms with Crippen molar-refractivity contribution < 1.29 is 0 Å². The number of aromatic nitrogens is 1. The van der Waals surface area contributed by atoms with Gasteiger partial charge in [0.05, 0.1) is 5.02 Å². The lowest BCUT2D eigenvalue weighted by Crippen LogP contribution is -2.31. The van der Waals surface area contributed by atoms with Gasteiger partial charge in [0, 0.05) is 31.4 Å². The number of nitrogens with one attached hydrogen (secondary N) is 1. The molecule has 2 fully saturated rings. The van der Waals surface area contributed by atoms with Crippen molar-refractivity contribution in [1.29, 1.82) is 0 Å². The second-order valence-electron chi connectivity index (χ2n) is 6.58. The maximum Gasteiger partial charge on any atom is 0.147 e. The Bertz CT molecular complexity index is 467. The Morgan fingerprint density at radius 2 is 2.10 bits per heavy atom. The van der Waals surface area contributed by atoms with Crippen molar-refractivity contribution in [3.05, 3.63) is 22.8 Å². The maximum absolute atomic E-state index is 6.48. The first-order valence-electron chi connectivity index (χ1n) is 7.78. The van der Waals surface area contributed by atoms with E-state index in [4.69, 9.17) is 11.6 Å². The Morgan fingerprint density at radius 1 is 1.35 bits per heavy atom. The molecule has 3 nitrogen and oxygen atoms in total. The number of anilines is 1. The zero-order chi connectivity index (χ0) is 14.1. The van der Waals surface area contributed by atoms with Crippen LogP contribution >= 0.6 is 11.6 Å². The van der Waals surface area contributed by atoms with Crippen molar-refractivity contribution >= 4 is 17.4 Å². The molecule has 1 N–H and O–H groups in total. The average Bonchev–Trinajstić information content (AvgIpc) is 3.27. The molecule has 0 spiro atoms. The lowest BCUT2D eigenvalue weighted by atomic mass is 10.2. The van der Waals surface area contributed by atoms with Gasteiger partial charge in [-0.05, 0) is 43.2 Å². The van der Waals surface area contributed by atoms with E-state index < -0.39 is 0 Å². The van der Waals surface area contributed by atoms with E-state index in [1.54, 1.807) is 0 Å². The predicted octanol–water partition coefficient (Wildman–Crippen LogP) is 3.61. The molecule has 0 saturated heterocycles. The first kappa shape index (κ1) is 14.2. The van der Waals surface area contributed by atoms with Gasteiger partial charge in [-0.1, -0.05) is 25.4 Å². The van der Waals surface area contributed by atoms with E-state index in [0.717, 1.165) is 30.0 Å². The van der Waals surface area contributed by atoms with Crippen LogP contribution in [-0.4, -0.2) is 23.6 Å². The van der Waals surface area contributed by atoms with Crippen molar-refractivity contribution in [2.45, 2.75) is 58.2 Å². The summed E-state index contributed by atoms with van der Waals surface area (Å²) in [5, 5.41) is 4.30. The Morgan fingerprint density at radius 3 is 2.65 bits per heavy atom. The third-order valence-corrected chi connectivity index (χ3v) is 4.15. The SMILES string of the molecule is CC(C)CN(c1ncc(CNC2CC2)cc1Cl)C1CC1. The predicted molar refractivity (Wildman–Crippen MR) is 84.3 cm³/mol. The molecule has 0 aliphatic heterocycles. The fourth-order valence-corrected chi connectivity index (χ4v) is 2.81. The van der Waals surface area contributed by atoms with Crippen molar-refractivity contribution in [3.8, 4) is 0 Å². The number of halogens is 1. The van der Waals surface area contributed by atoms with Crippen LogP contribution in [0, 0.1) is 5.92 Å². The van der Waals surface area contributed by atoms with Gasteiger partial charge in [-0.2, -0.15) is 0 Å². The van der Waals surface area contributed by atoms with Gasteiger partial charge in [-0.15, -0.1) is 0 Å². The summed E-state index contributed by atoms with van der Waals surface area (Å²) in [6, 6.07) is 3.45. The molecule has 0 bridgehead atoms. The van der Waals surface area contributed by atoms with Crippen LogP contribution in [0.15, 0.2) is 12.3 Å². The smallest absolute Gasteiger partial charge is 0.147 e. The normalized spacial score (nSPS) is 18.6. The summed E-state index contributed by atoms with van der Waals surface area (Å²) in [6.45, 7) is 6.41. The minimum atomic E-state index is 0.629. The van der Waals surface area contributed by atoms with E-state index in [0.29, 0.717) is 12.0 Å². The average molecular weight is 294 g/mol. The summed E-state index contributed by atoms with van der Waals surface area (Å²) in [6.07, 6.45) is 7.14. The van der Waals surface area contributed by atoms with Gasteiger partial charge >= 0.3 is 0 Å². The molecule has 4 heteroatoms. The molecule has 1 heterocycles. The highest BCUT2D eigenvalue weighted by Crippen LogP contribution is 2.35. The summed E-state index contributed by atoms with van der Waals surface area (Å²) in [7, 11) is 0. The summed E-state index contributed by atoms with van der Waals surface area (Å²) in [5.41, 5.74) is 1.19. The molecular formula is C16H24ClN3. The first-order valence-corrected chi connectivity index (χ1v) is 8.15. The fourth-order valence-electron chi connectivity index (χ4n) is 2.52. The van der Waals surface area contributed by atoms with E-state index in [1.165, 1.54) is 31.2 Å². The van der Waals surface area contributed by atoms with Gasteiger partial charge in [0.25, 0.3) is 0 Å². The molecular weight excluding hydrogens is 270 g/mol. The molecule has 0 atom stereocenters. The minimum absolute atomic E-state index is 0.629. The van der Waals surface area contributed by atoms with Crippen LogP contribution in [0.3, 0.4) is 0 Å². The van der Waals surface area contributed by atoms with Gasteiger partial charge in [-0.3, -0.25) is 0 Å². The Kier molecular flexibility index (Phi) is 4.18. The molecule has 2 aliphatic carbocycles. The summed E-state index contributed by atoms with van der Waals surface area (Å²) in [5.74, 6) is 1.60. The standard InChI is InChI=1S/C16H24ClN3/c1-11(2)10-20(14-5-6-14)16-15(17)7-12(9-19-16)8-18-13-3-4-13/h7,9,11,13-14,18H,3-6,8,10H2,1-2H3. The lowest BCUT2D eigenvalue weighted by molar-refractivity contribution is 0.602. The van der Waals surface area contributed by atoms with Crippen molar-refractivity contribution in [2.24, 2.45) is 5.92 Å². The molecule has 0 radical (unpaired) electrons. The van der Waals surface area contributed by atoms with Gasteiger partial charge in [0.1, 0.15) is 5.82 Å². The number of nitrogens with zero attached hydrogens (tertiary/aromatic N) is 2. The molecule has 20 heavy (non-hydrogen) atoms. The van der Waals surface area contributed by atoms with Gasteiger partial charge in [0.15, 0.2) is 0 Å². The van der Waals surface area contributed by atoms with E-state index in [9.17, 15) is 0 Å². The van der Waals surface area contributed by atoms with Crippen LogP contribution in [0.25, 0.3) is 0 Å².